The van der Waals surface area contributed by atoms with Gasteiger partial charge in [-0.25, -0.2) is 4.79 Å². The highest BCUT2D eigenvalue weighted by Crippen LogP contribution is 2.35. The van der Waals surface area contributed by atoms with Crippen LogP contribution in [-0.4, -0.2) is 39.4 Å². The molecule has 3 aromatic carbocycles. The van der Waals surface area contributed by atoms with Crippen LogP contribution in [0.2, 0.25) is 0 Å². The Morgan fingerprint density at radius 2 is 1.74 bits per heavy atom. The van der Waals surface area contributed by atoms with Gasteiger partial charge in [0.05, 0.1) is 12.0 Å². The molecule has 0 unspecified atom stereocenters. The molecular weight excluding hydrogens is 470 g/mol. The summed E-state index contributed by atoms with van der Waals surface area (Å²) in [7, 11) is 1.60. The van der Waals surface area contributed by atoms with Gasteiger partial charge in [-0.15, -0.1) is 0 Å². The molecule has 0 saturated carbocycles. The van der Waals surface area contributed by atoms with Crippen LogP contribution in [0.4, 0.5) is 0 Å². The third-order valence-electron chi connectivity index (χ3n) is 5.14. The number of benzene rings is 3. The summed E-state index contributed by atoms with van der Waals surface area (Å²) in [5.74, 6) is 0.461. The molecule has 0 bridgehead atoms. The van der Waals surface area contributed by atoms with E-state index in [9.17, 15) is 14.7 Å². The van der Waals surface area contributed by atoms with Gasteiger partial charge in [-0.05, 0) is 53.6 Å². The van der Waals surface area contributed by atoms with Crippen molar-refractivity contribution in [2.24, 2.45) is 0 Å². The lowest BCUT2D eigenvalue weighted by Gasteiger charge is -2.23. The smallest absolute Gasteiger partial charge is 0.327 e. The Morgan fingerprint density at radius 3 is 2.41 bits per heavy atom. The van der Waals surface area contributed by atoms with E-state index in [0.717, 1.165) is 28.6 Å². The van der Waals surface area contributed by atoms with Crippen LogP contribution in [0.5, 0.6) is 17.2 Å². The van der Waals surface area contributed by atoms with E-state index in [4.69, 9.17) is 21.7 Å². The average molecular weight is 492 g/mol. The van der Waals surface area contributed by atoms with Gasteiger partial charge >= 0.3 is 5.97 Å². The van der Waals surface area contributed by atoms with E-state index in [1.165, 1.54) is 4.90 Å². The summed E-state index contributed by atoms with van der Waals surface area (Å²) in [4.78, 5) is 26.7. The predicted octanol–water partition coefficient (Wildman–Crippen LogP) is 5.38. The summed E-state index contributed by atoms with van der Waals surface area (Å²) >= 11 is 6.48. The highest BCUT2D eigenvalue weighted by Gasteiger charge is 2.40. The molecule has 1 heterocycles. The molecule has 0 spiro atoms. The summed E-state index contributed by atoms with van der Waals surface area (Å²) in [6, 6.07) is 22.6. The molecule has 3 aromatic rings. The topological polar surface area (TPSA) is 76.1 Å². The molecule has 1 saturated heterocycles. The number of rotatable bonds is 8. The average Bonchev–Trinajstić information content (AvgIpc) is 3.11. The molecule has 172 valence electrons. The number of hydrogen-bond donors (Lipinski definition) is 1. The normalized spacial score (nSPS) is 15.4. The Hall–Kier alpha value is -3.62. The Morgan fingerprint density at radius 1 is 1.03 bits per heavy atom. The first-order valence-electron chi connectivity index (χ1n) is 10.4. The highest BCUT2D eigenvalue weighted by molar-refractivity contribution is 8.26. The zero-order valence-electron chi connectivity index (χ0n) is 18.2. The van der Waals surface area contributed by atoms with Crippen molar-refractivity contribution in [1.82, 2.24) is 4.90 Å². The Kier molecular flexibility index (Phi) is 7.30. The standard InChI is InChI=1S/C26H21NO5S2/c1-31-19-10-12-20(13-11-19)32-21-9-5-8-18(14-21)16-23-24(28)27(26(33)34-23)22(25(29)30)15-17-6-3-2-4-7-17/h2-14,16,22H,15H2,1H3,(H,29,30)/b23-16-/t22-/m0/s1. The number of thioether (sulfide) groups is 1. The van der Waals surface area contributed by atoms with Gasteiger partial charge in [-0.3, -0.25) is 9.69 Å². The van der Waals surface area contributed by atoms with Crippen LogP contribution >= 0.6 is 24.0 Å². The molecule has 0 aliphatic carbocycles. The molecule has 1 aliphatic rings. The van der Waals surface area contributed by atoms with Crippen molar-refractivity contribution in [2.75, 3.05) is 7.11 Å². The van der Waals surface area contributed by atoms with Gasteiger partial charge in [0.2, 0.25) is 0 Å². The molecule has 1 fully saturated rings. The van der Waals surface area contributed by atoms with Crippen LogP contribution in [0.15, 0.2) is 83.8 Å². The van der Waals surface area contributed by atoms with Crippen LogP contribution < -0.4 is 9.47 Å². The SMILES string of the molecule is COc1ccc(Oc2cccc(/C=C3\SC(=S)N([C@@H](Cc4ccccc4)C(=O)O)C3=O)c2)cc1. The number of carboxylic acids is 1. The molecule has 34 heavy (non-hydrogen) atoms. The van der Waals surface area contributed by atoms with Crippen LogP contribution in [0.25, 0.3) is 6.08 Å². The van der Waals surface area contributed by atoms with Crippen molar-refractivity contribution in [1.29, 1.82) is 0 Å². The zero-order valence-corrected chi connectivity index (χ0v) is 19.8. The second kappa shape index (κ2) is 10.5. The van der Waals surface area contributed by atoms with E-state index < -0.39 is 17.9 Å². The van der Waals surface area contributed by atoms with Gasteiger partial charge in [0.15, 0.2) is 0 Å². The van der Waals surface area contributed by atoms with Crippen LogP contribution in [-0.2, 0) is 16.0 Å². The maximum atomic E-state index is 13.1. The Bertz CT molecular complexity index is 1240. The largest absolute Gasteiger partial charge is 0.497 e. The van der Waals surface area contributed by atoms with E-state index >= 15 is 0 Å². The summed E-state index contributed by atoms with van der Waals surface area (Å²) < 4.78 is 11.3. The minimum Gasteiger partial charge on any atom is -0.497 e. The van der Waals surface area contributed by atoms with E-state index in [-0.39, 0.29) is 10.7 Å². The van der Waals surface area contributed by atoms with Crippen molar-refractivity contribution in [3.63, 3.8) is 0 Å². The number of amides is 1. The number of carboxylic acid groups (broad SMARTS) is 1. The van der Waals surface area contributed by atoms with Gasteiger partial charge < -0.3 is 14.6 Å². The number of thiocarbonyl (C=S) groups is 1. The van der Waals surface area contributed by atoms with E-state index in [2.05, 4.69) is 0 Å². The van der Waals surface area contributed by atoms with Crippen molar-refractivity contribution >= 4 is 46.3 Å². The molecule has 6 nitrogen and oxygen atoms in total. The van der Waals surface area contributed by atoms with Gasteiger partial charge in [0.25, 0.3) is 5.91 Å². The molecule has 0 radical (unpaired) electrons. The number of methoxy groups -OCH3 is 1. The van der Waals surface area contributed by atoms with Crippen molar-refractivity contribution in [3.8, 4) is 17.2 Å². The molecular formula is C26H21NO5S2. The van der Waals surface area contributed by atoms with Crippen molar-refractivity contribution in [2.45, 2.75) is 12.5 Å². The number of carbonyl (C=O) groups is 2. The molecule has 1 amide bonds. The molecule has 1 atom stereocenters. The lowest BCUT2D eigenvalue weighted by Crippen LogP contribution is -2.45. The predicted molar refractivity (Wildman–Crippen MR) is 136 cm³/mol. The fourth-order valence-corrected chi connectivity index (χ4v) is 4.83. The molecule has 0 aromatic heterocycles. The first kappa shape index (κ1) is 23.5. The maximum Gasteiger partial charge on any atom is 0.327 e. The fraction of sp³-hybridized carbons (Fsp3) is 0.115. The number of ether oxygens (including phenoxy) is 2. The molecule has 4 rings (SSSR count). The van der Waals surface area contributed by atoms with Gasteiger partial charge in [0.1, 0.15) is 27.6 Å². The fourth-order valence-electron chi connectivity index (χ4n) is 3.47. The second-order valence-electron chi connectivity index (χ2n) is 7.45. The Balaban J connectivity index is 1.53. The number of carbonyl (C=O) groups excluding carboxylic acids is 1. The van der Waals surface area contributed by atoms with E-state index in [1.807, 2.05) is 48.5 Å². The number of nitrogens with zero attached hydrogens (tertiary/aromatic N) is 1. The minimum atomic E-state index is -1.10. The molecule has 8 heteroatoms. The van der Waals surface area contributed by atoms with Crippen LogP contribution in [0.3, 0.4) is 0 Å². The zero-order chi connectivity index (χ0) is 24.1. The van der Waals surface area contributed by atoms with Crippen molar-refractivity contribution in [3.05, 3.63) is 94.9 Å². The monoisotopic (exact) mass is 491 g/mol. The third-order valence-corrected chi connectivity index (χ3v) is 6.47. The van der Waals surface area contributed by atoms with Gasteiger partial charge in [0, 0.05) is 6.42 Å². The van der Waals surface area contributed by atoms with Crippen molar-refractivity contribution < 1.29 is 24.2 Å². The number of hydrogen-bond acceptors (Lipinski definition) is 6. The number of aliphatic carboxylic acids is 1. The first-order chi connectivity index (χ1) is 16.4. The summed E-state index contributed by atoms with van der Waals surface area (Å²) in [5, 5.41) is 9.81. The second-order valence-corrected chi connectivity index (χ2v) is 9.12. The van der Waals surface area contributed by atoms with Crippen LogP contribution in [0, 0.1) is 0 Å². The Labute approximate surface area is 206 Å². The van der Waals surface area contributed by atoms with Gasteiger partial charge in [-0.1, -0.05) is 66.4 Å². The molecule has 1 aliphatic heterocycles. The van der Waals surface area contributed by atoms with Gasteiger partial charge in [-0.2, -0.15) is 0 Å². The highest BCUT2D eigenvalue weighted by atomic mass is 32.2. The molecule has 1 N–H and O–H groups in total. The maximum absolute atomic E-state index is 13.1. The third kappa shape index (κ3) is 5.47. The summed E-state index contributed by atoms with van der Waals surface area (Å²) in [6.45, 7) is 0. The summed E-state index contributed by atoms with van der Waals surface area (Å²) in [5.41, 5.74) is 1.55. The van der Waals surface area contributed by atoms with E-state index in [1.54, 1.807) is 43.5 Å². The van der Waals surface area contributed by atoms with E-state index in [0.29, 0.717) is 16.4 Å². The summed E-state index contributed by atoms with van der Waals surface area (Å²) in [6.07, 6.45) is 1.86. The minimum absolute atomic E-state index is 0.168. The first-order valence-corrected chi connectivity index (χ1v) is 11.6. The van der Waals surface area contributed by atoms with Crippen LogP contribution in [0.1, 0.15) is 11.1 Å². The lowest BCUT2D eigenvalue weighted by atomic mass is 10.0. The lowest BCUT2D eigenvalue weighted by molar-refractivity contribution is -0.145. The quantitative estimate of drug-likeness (QED) is 0.335.